The van der Waals surface area contributed by atoms with Crippen molar-refractivity contribution in [1.29, 1.82) is 0 Å². The van der Waals surface area contributed by atoms with Crippen LogP contribution in [0.25, 0.3) is 15.9 Å². The summed E-state index contributed by atoms with van der Waals surface area (Å²) in [6, 6.07) is 7.19. The first-order valence-corrected chi connectivity index (χ1v) is 12.4. The van der Waals surface area contributed by atoms with Crippen LogP contribution in [0.4, 0.5) is 0 Å². The second-order valence-electron chi connectivity index (χ2n) is 7.86. The second-order valence-corrected chi connectivity index (χ2v) is 10.4. The van der Waals surface area contributed by atoms with Gasteiger partial charge in [0.05, 0.1) is 23.4 Å². The molecule has 1 aromatic carbocycles. The number of nitrogens with zero attached hydrogens (tertiary/aromatic N) is 3. The van der Waals surface area contributed by atoms with Crippen LogP contribution in [-0.2, 0) is 9.59 Å². The van der Waals surface area contributed by atoms with E-state index in [2.05, 4.69) is 5.32 Å². The van der Waals surface area contributed by atoms with Crippen molar-refractivity contribution in [2.75, 3.05) is 19.3 Å². The fourth-order valence-electron chi connectivity index (χ4n) is 3.23. The fourth-order valence-corrected chi connectivity index (χ4v) is 5.38. The molecule has 0 bridgehead atoms. The Kier molecular flexibility index (Phi) is 6.60. The van der Waals surface area contributed by atoms with Crippen LogP contribution in [0, 0.1) is 13.8 Å². The average Bonchev–Trinajstić information content (AvgIpc) is 3.51. The number of hydrogen-bond acceptors (Lipinski definition) is 6. The van der Waals surface area contributed by atoms with Gasteiger partial charge in [-0.15, -0.1) is 11.3 Å². The number of amides is 2. The molecule has 0 aliphatic heterocycles. The molecule has 1 N–H and O–H groups in total. The number of rotatable bonds is 7. The van der Waals surface area contributed by atoms with E-state index in [1.807, 2.05) is 13.8 Å². The molecule has 32 heavy (non-hydrogen) atoms. The lowest BCUT2D eigenvalue weighted by Crippen LogP contribution is -2.39. The SMILES string of the molecule is Cc1sc2nc(SCC(=O)N(C)CC(=O)NC3CC3)n(-c3ccc(Cl)cc3)c(=O)c2c1C. The molecule has 4 rings (SSSR count). The molecule has 7 nitrogen and oxygen atoms in total. The van der Waals surface area contributed by atoms with Crippen molar-refractivity contribution in [3.63, 3.8) is 0 Å². The van der Waals surface area contributed by atoms with Crippen LogP contribution in [0.5, 0.6) is 0 Å². The van der Waals surface area contributed by atoms with Crippen molar-refractivity contribution >= 4 is 56.7 Å². The lowest BCUT2D eigenvalue weighted by molar-refractivity contribution is -0.132. The number of benzene rings is 1. The van der Waals surface area contributed by atoms with Gasteiger partial charge in [0.25, 0.3) is 5.56 Å². The summed E-state index contributed by atoms with van der Waals surface area (Å²) in [5.74, 6) is -0.311. The molecule has 2 heterocycles. The molecule has 168 valence electrons. The van der Waals surface area contributed by atoms with Crippen LogP contribution in [0.15, 0.2) is 34.2 Å². The molecule has 1 fully saturated rings. The Morgan fingerprint density at radius 2 is 1.97 bits per heavy atom. The first-order valence-electron chi connectivity index (χ1n) is 10.2. The largest absolute Gasteiger partial charge is 0.352 e. The molecule has 2 amide bonds. The summed E-state index contributed by atoms with van der Waals surface area (Å²) in [5, 5.41) is 4.46. The monoisotopic (exact) mass is 490 g/mol. The molecular formula is C22H23ClN4O3S2. The molecule has 0 spiro atoms. The smallest absolute Gasteiger partial charge is 0.267 e. The van der Waals surface area contributed by atoms with E-state index >= 15 is 0 Å². The van der Waals surface area contributed by atoms with Gasteiger partial charge in [-0.3, -0.25) is 19.0 Å². The van der Waals surface area contributed by atoms with Crippen LogP contribution in [0.1, 0.15) is 23.3 Å². The predicted molar refractivity (Wildman–Crippen MR) is 129 cm³/mol. The van der Waals surface area contributed by atoms with Gasteiger partial charge in [-0.05, 0) is 56.5 Å². The number of halogens is 1. The summed E-state index contributed by atoms with van der Waals surface area (Å²) in [6.07, 6.45) is 1.99. The van der Waals surface area contributed by atoms with Gasteiger partial charge in [-0.1, -0.05) is 23.4 Å². The second kappa shape index (κ2) is 9.25. The van der Waals surface area contributed by atoms with Crippen molar-refractivity contribution in [2.45, 2.75) is 37.9 Å². The standard InChI is InChI=1S/C22H23ClN4O3S2/c1-12-13(2)32-20-19(12)21(30)27(16-8-4-14(23)5-9-16)22(25-20)31-11-18(29)26(3)10-17(28)24-15-6-7-15/h4-5,8-9,15H,6-7,10-11H2,1-3H3,(H,24,28). The van der Waals surface area contributed by atoms with Crippen molar-refractivity contribution in [3.05, 3.63) is 50.1 Å². The number of carbonyl (C=O) groups excluding carboxylic acids is 2. The Morgan fingerprint density at radius 1 is 1.28 bits per heavy atom. The van der Waals surface area contributed by atoms with Gasteiger partial charge in [0.1, 0.15) is 4.83 Å². The Hall–Kier alpha value is -2.36. The number of carbonyl (C=O) groups is 2. The van der Waals surface area contributed by atoms with Gasteiger partial charge in [-0.25, -0.2) is 4.98 Å². The van der Waals surface area contributed by atoms with E-state index in [9.17, 15) is 14.4 Å². The minimum absolute atomic E-state index is 0.00958. The zero-order valence-corrected chi connectivity index (χ0v) is 20.4. The van der Waals surface area contributed by atoms with E-state index in [-0.39, 0.29) is 35.7 Å². The first-order chi connectivity index (χ1) is 15.2. The lowest BCUT2D eigenvalue weighted by atomic mass is 10.2. The molecule has 1 saturated carbocycles. The van der Waals surface area contributed by atoms with Gasteiger partial charge < -0.3 is 10.2 Å². The number of aromatic nitrogens is 2. The zero-order chi connectivity index (χ0) is 23.0. The van der Waals surface area contributed by atoms with E-state index in [0.29, 0.717) is 26.1 Å². The normalized spacial score (nSPS) is 13.4. The third-order valence-corrected chi connectivity index (χ3v) is 7.61. The Labute approximate surface area is 198 Å². The molecule has 10 heteroatoms. The number of thiophene rings is 1. The summed E-state index contributed by atoms with van der Waals surface area (Å²) < 4.78 is 1.52. The minimum Gasteiger partial charge on any atom is -0.352 e. The molecule has 0 saturated heterocycles. The molecule has 1 aliphatic carbocycles. The zero-order valence-electron chi connectivity index (χ0n) is 18.0. The van der Waals surface area contributed by atoms with Gasteiger partial charge in [0, 0.05) is 23.0 Å². The summed E-state index contributed by atoms with van der Waals surface area (Å²) in [4.78, 5) is 45.9. The van der Waals surface area contributed by atoms with Crippen LogP contribution in [0.2, 0.25) is 5.02 Å². The number of fused-ring (bicyclic) bond motifs is 1. The fraction of sp³-hybridized carbons (Fsp3) is 0.364. The highest BCUT2D eigenvalue weighted by Crippen LogP contribution is 2.30. The Morgan fingerprint density at radius 3 is 2.62 bits per heavy atom. The van der Waals surface area contributed by atoms with Crippen LogP contribution in [-0.4, -0.2) is 51.7 Å². The van der Waals surface area contributed by atoms with Gasteiger partial charge in [0.2, 0.25) is 11.8 Å². The van der Waals surface area contributed by atoms with E-state index in [0.717, 1.165) is 23.3 Å². The Bertz CT molecular complexity index is 1250. The highest BCUT2D eigenvalue weighted by molar-refractivity contribution is 7.99. The van der Waals surface area contributed by atoms with Crippen molar-refractivity contribution in [2.24, 2.45) is 0 Å². The predicted octanol–water partition coefficient (Wildman–Crippen LogP) is 3.55. The maximum Gasteiger partial charge on any atom is 0.267 e. The number of likely N-dealkylation sites (N-methyl/N-ethyl adjacent to an activating group) is 1. The molecular weight excluding hydrogens is 468 g/mol. The summed E-state index contributed by atoms with van der Waals surface area (Å²) in [6.45, 7) is 3.89. The van der Waals surface area contributed by atoms with Gasteiger partial charge >= 0.3 is 0 Å². The minimum atomic E-state index is -0.212. The Balaban J connectivity index is 1.61. The molecule has 0 radical (unpaired) electrons. The maximum atomic E-state index is 13.4. The highest BCUT2D eigenvalue weighted by atomic mass is 35.5. The summed E-state index contributed by atoms with van der Waals surface area (Å²) >= 11 is 8.68. The summed E-state index contributed by atoms with van der Waals surface area (Å²) in [5.41, 5.74) is 1.37. The van der Waals surface area contributed by atoms with E-state index < -0.39 is 0 Å². The summed E-state index contributed by atoms with van der Waals surface area (Å²) in [7, 11) is 1.60. The topological polar surface area (TPSA) is 84.3 Å². The van der Waals surface area contributed by atoms with Gasteiger partial charge in [-0.2, -0.15) is 0 Å². The quantitative estimate of drug-likeness (QED) is 0.404. The molecule has 0 atom stereocenters. The van der Waals surface area contributed by atoms with E-state index in [4.69, 9.17) is 16.6 Å². The molecule has 3 aromatic rings. The number of nitrogens with one attached hydrogen (secondary N) is 1. The third kappa shape index (κ3) is 4.84. The van der Waals surface area contributed by atoms with Crippen LogP contribution < -0.4 is 10.9 Å². The lowest BCUT2D eigenvalue weighted by Gasteiger charge is -2.17. The molecule has 1 aliphatic rings. The average molecular weight is 491 g/mol. The third-order valence-electron chi connectivity index (χ3n) is 5.33. The van der Waals surface area contributed by atoms with Crippen molar-refractivity contribution < 1.29 is 9.59 Å². The van der Waals surface area contributed by atoms with Crippen molar-refractivity contribution in [3.8, 4) is 5.69 Å². The van der Waals surface area contributed by atoms with Crippen LogP contribution in [0.3, 0.4) is 0 Å². The van der Waals surface area contributed by atoms with E-state index in [1.165, 1.54) is 32.6 Å². The van der Waals surface area contributed by atoms with Gasteiger partial charge in [0.15, 0.2) is 5.16 Å². The number of thioether (sulfide) groups is 1. The van der Waals surface area contributed by atoms with Crippen LogP contribution >= 0.6 is 34.7 Å². The number of hydrogen-bond donors (Lipinski definition) is 1. The van der Waals surface area contributed by atoms with E-state index in [1.54, 1.807) is 31.3 Å². The first kappa shape index (κ1) is 22.8. The van der Waals surface area contributed by atoms with Crippen molar-refractivity contribution in [1.82, 2.24) is 19.8 Å². The molecule has 2 aromatic heterocycles. The number of aryl methyl sites for hydroxylation is 2. The highest BCUT2D eigenvalue weighted by Gasteiger charge is 2.25. The maximum absolute atomic E-state index is 13.4. The molecule has 0 unspecified atom stereocenters.